The summed E-state index contributed by atoms with van der Waals surface area (Å²) in [7, 11) is 3.36. The normalized spacial score (nSPS) is 12.3. The summed E-state index contributed by atoms with van der Waals surface area (Å²) in [5.41, 5.74) is 0.938. The molecule has 0 aliphatic carbocycles. The number of aliphatic imine (C=N–C) groups is 1. The number of halogens is 1. The number of rotatable bonds is 9. The first-order chi connectivity index (χ1) is 12.3. The average molecular weight is 364 g/mol. The largest absolute Gasteiger partial charge is 0.486 e. The Bertz CT molecular complexity index is 632. The lowest BCUT2D eigenvalue weighted by Gasteiger charge is -2.20. The molecule has 0 aromatic heterocycles. The molecule has 1 rings (SSSR count). The zero-order valence-electron chi connectivity index (χ0n) is 16.0. The highest BCUT2D eigenvalue weighted by atomic mass is 19.1. The van der Waals surface area contributed by atoms with Gasteiger partial charge in [-0.3, -0.25) is 4.79 Å². The van der Waals surface area contributed by atoms with Gasteiger partial charge in [-0.15, -0.1) is 0 Å². The molecule has 0 aliphatic heterocycles. The van der Waals surface area contributed by atoms with Crippen LogP contribution in [0.1, 0.15) is 20.3 Å². The Labute approximate surface area is 155 Å². The van der Waals surface area contributed by atoms with E-state index in [1.54, 1.807) is 32.3 Å². The number of likely N-dealkylation sites (N-methyl/N-ethyl adjacent to an activating group) is 1. The summed E-state index contributed by atoms with van der Waals surface area (Å²) in [5.74, 6) is 0.212. The van der Waals surface area contributed by atoms with Gasteiger partial charge in [-0.05, 0) is 25.5 Å². The molecule has 7 heteroatoms. The SMILES string of the molecule is C=C(C)CNC(=NCC(=O)N(C)C)NCC(CC)Oc1ccccc1F. The summed E-state index contributed by atoms with van der Waals surface area (Å²) in [4.78, 5) is 17.5. The minimum Gasteiger partial charge on any atom is -0.486 e. The lowest BCUT2D eigenvalue weighted by atomic mass is 10.2. The van der Waals surface area contributed by atoms with Crippen LogP contribution in [0.4, 0.5) is 4.39 Å². The molecule has 0 aliphatic rings. The van der Waals surface area contributed by atoms with Crippen molar-refractivity contribution in [2.45, 2.75) is 26.4 Å². The Balaban J connectivity index is 2.69. The predicted octanol–water partition coefficient (Wildman–Crippen LogP) is 2.18. The standard InChI is InChI=1S/C19H29FN4O2/c1-6-15(26-17-10-8-7-9-16(17)20)12-22-19(21-11-14(2)3)23-13-18(25)24(4)5/h7-10,15H,2,6,11-13H2,1,3-5H3,(H2,21,22,23). The lowest BCUT2D eigenvalue weighted by Crippen LogP contribution is -2.43. The summed E-state index contributed by atoms with van der Waals surface area (Å²) in [5, 5.41) is 6.25. The number of hydrogen-bond donors (Lipinski definition) is 2. The fourth-order valence-corrected chi connectivity index (χ4v) is 1.90. The van der Waals surface area contributed by atoms with E-state index in [1.165, 1.54) is 11.0 Å². The molecule has 1 aromatic rings. The molecule has 0 heterocycles. The highest BCUT2D eigenvalue weighted by molar-refractivity contribution is 5.84. The first kappa shape index (κ1) is 21.5. The van der Waals surface area contributed by atoms with Gasteiger partial charge < -0.3 is 20.3 Å². The van der Waals surface area contributed by atoms with E-state index >= 15 is 0 Å². The Morgan fingerprint density at radius 1 is 1.35 bits per heavy atom. The van der Waals surface area contributed by atoms with Gasteiger partial charge in [-0.25, -0.2) is 9.38 Å². The van der Waals surface area contributed by atoms with E-state index < -0.39 is 5.82 Å². The quantitative estimate of drug-likeness (QED) is 0.400. The summed E-state index contributed by atoms with van der Waals surface area (Å²) >= 11 is 0. The van der Waals surface area contributed by atoms with Gasteiger partial charge in [0.25, 0.3) is 0 Å². The summed E-state index contributed by atoms with van der Waals surface area (Å²) in [6, 6.07) is 6.31. The number of carbonyl (C=O) groups is 1. The molecule has 2 N–H and O–H groups in total. The number of guanidine groups is 1. The predicted molar refractivity (Wildman–Crippen MR) is 103 cm³/mol. The molecule has 1 aromatic carbocycles. The van der Waals surface area contributed by atoms with E-state index in [4.69, 9.17) is 4.74 Å². The number of amides is 1. The Hall–Kier alpha value is -2.57. The van der Waals surface area contributed by atoms with E-state index in [0.717, 1.165) is 5.57 Å². The third kappa shape index (κ3) is 8.00. The maximum atomic E-state index is 13.7. The van der Waals surface area contributed by atoms with E-state index in [2.05, 4.69) is 22.2 Å². The van der Waals surface area contributed by atoms with E-state index in [0.29, 0.717) is 25.5 Å². The van der Waals surface area contributed by atoms with Crippen LogP contribution >= 0.6 is 0 Å². The van der Waals surface area contributed by atoms with Crippen molar-refractivity contribution in [3.63, 3.8) is 0 Å². The third-order valence-corrected chi connectivity index (χ3v) is 3.51. The Morgan fingerprint density at radius 3 is 2.62 bits per heavy atom. The molecule has 6 nitrogen and oxygen atoms in total. The van der Waals surface area contributed by atoms with E-state index in [-0.39, 0.29) is 24.3 Å². The van der Waals surface area contributed by atoms with Crippen LogP contribution in [0.2, 0.25) is 0 Å². The van der Waals surface area contributed by atoms with Crippen molar-refractivity contribution in [2.75, 3.05) is 33.7 Å². The Kier molecular flexibility index (Phi) is 9.19. The van der Waals surface area contributed by atoms with Gasteiger partial charge in [0.2, 0.25) is 5.91 Å². The molecule has 144 valence electrons. The molecule has 0 spiro atoms. The highest BCUT2D eigenvalue weighted by Gasteiger charge is 2.12. The number of ether oxygens (including phenoxy) is 1. The number of hydrogen-bond acceptors (Lipinski definition) is 3. The van der Waals surface area contributed by atoms with Crippen molar-refractivity contribution in [1.82, 2.24) is 15.5 Å². The maximum absolute atomic E-state index is 13.7. The van der Waals surface area contributed by atoms with E-state index in [1.807, 2.05) is 13.8 Å². The minimum atomic E-state index is -0.392. The number of carbonyl (C=O) groups excluding carboxylic acids is 1. The fourth-order valence-electron chi connectivity index (χ4n) is 1.90. The highest BCUT2D eigenvalue weighted by Crippen LogP contribution is 2.17. The van der Waals surface area contributed by atoms with Crippen LogP contribution in [0.15, 0.2) is 41.4 Å². The molecular formula is C19H29FN4O2. The van der Waals surface area contributed by atoms with Gasteiger partial charge in [0.05, 0.1) is 6.54 Å². The second-order valence-corrected chi connectivity index (χ2v) is 6.22. The third-order valence-electron chi connectivity index (χ3n) is 3.51. The molecule has 0 bridgehead atoms. The molecule has 1 atom stereocenters. The van der Waals surface area contributed by atoms with Crippen molar-refractivity contribution >= 4 is 11.9 Å². The van der Waals surface area contributed by atoms with Crippen molar-refractivity contribution in [2.24, 2.45) is 4.99 Å². The Morgan fingerprint density at radius 2 is 2.04 bits per heavy atom. The smallest absolute Gasteiger partial charge is 0.243 e. The lowest BCUT2D eigenvalue weighted by molar-refractivity contribution is -0.127. The molecule has 26 heavy (non-hydrogen) atoms. The zero-order chi connectivity index (χ0) is 19.5. The monoisotopic (exact) mass is 364 g/mol. The van der Waals surface area contributed by atoms with Gasteiger partial charge in [0.1, 0.15) is 12.6 Å². The first-order valence-electron chi connectivity index (χ1n) is 8.61. The van der Waals surface area contributed by atoms with Crippen molar-refractivity contribution in [3.8, 4) is 5.75 Å². The molecule has 0 radical (unpaired) electrons. The molecule has 0 fully saturated rings. The van der Waals surface area contributed by atoms with Crippen molar-refractivity contribution in [1.29, 1.82) is 0 Å². The van der Waals surface area contributed by atoms with Crippen molar-refractivity contribution in [3.05, 3.63) is 42.2 Å². The second kappa shape index (κ2) is 11.1. The number of nitrogens with one attached hydrogen (secondary N) is 2. The van der Waals surface area contributed by atoms with Crippen molar-refractivity contribution < 1.29 is 13.9 Å². The van der Waals surface area contributed by atoms with Crippen LogP contribution in [0.25, 0.3) is 0 Å². The number of nitrogens with zero attached hydrogens (tertiary/aromatic N) is 2. The van der Waals surface area contributed by atoms with Crippen LogP contribution < -0.4 is 15.4 Å². The van der Waals surface area contributed by atoms with Gasteiger partial charge >= 0.3 is 0 Å². The molecule has 1 amide bonds. The van der Waals surface area contributed by atoms with Gasteiger partial charge in [0.15, 0.2) is 17.5 Å². The van der Waals surface area contributed by atoms with Crippen LogP contribution in [0.3, 0.4) is 0 Å². The van der Waals surface area contributed by atoms with E-state index in [9.17, 15) is 9.18 Å². The second-order valence-electron chi connectivity index (χ2n) is 6.22. The summed E-state index contributed by atoms with van der Waals surface area (Å²) < 4.78 is 19.5. The summed E-state index contributed by atoms with van der Waals surface area (Å²) in [6.45, 7) is 8.68. The molecule has 1 unspecified atom stereocenters. The maximum Gasteiger partial charge on any atom is 0.243 e. The average Bonchev–Trinajstić information content (AvgIpc) is 2.60. The van der Waals surface area contributed by atoms with Gasteiger partial charge in [0, 0.05) is 20.6 Å². The summed E-state index contributed by atoms with van der Waals surface area (Å²) in [6.07, 6.45) is 0.444. The number of para-hydroxylation sites is 1. The van der Waals surface area contributed by atoms with Gasteiger partial charge in [-0.1, -0.05) is 31.2 Å². The van der Waals surface area contributed by atoms with Crippen LogP contribution in [-0.2, 0) is 4.79 Å². The zero-order valence-corrected chi connectivity index (χ0v) is 16.0. The fraction of sp³-hybridized carbons (Fsp3) is 0.474. The molecular weight excluding hydrogens is 335 g/mol. The molecule has 0 saturated heterocycles. The molecule has 0 saturated carbocycles. The number of benzene rings is 1. The van der Waals surface area contributed by atoms with Crippen LogP contribution in [-0.4, -0.2) is 56.6 Å². The van der Waals surface area contributed by atoms with Crippen LogP contribution in [0, 0.1) is 5.82 Å². The minimum absolute atomic E-state index is 0.0312. The first-order valence-corrected chi connectivity index (χ1v) is 8.61. The van der Waals surface area contributed by atoms with Gasteiger partial charge in [-0.2, -0.15) is 0 Å². The topological polar surface area (TPSA) is 66.0 Å². The van der Waals surface area contributed by atoms with Crippen LogP contribution in [0.5, 0.6) is 5.75 Å².